The Morgan fingerprint density at radius 2 is 1.83 bits per heavy atom. The van der Waals surface area contributed by atoms with Crippen molar-refractivity contribution < 1.29 is 0 Å². The highest BCUT2D eigenvalue weighted by molar-refractivity contribution is 7.19. The molecule has 23 heavy (non-hydrogen) atoms. The van der Waals surface area contributed by atoms with Crippen LogP contribution in [0.15, 0.2) is 48.5 Å². The number of aromatic nitrogens is 4. The number of fused-ring (bicyclic) bond motifs is 1. The number of aryl methyl sites for hydroxylation is 1. The lowest BCUT2D eigenvalue weighted by Gasteiger charge is -2.02. The van der Waals surface area contributed by atoms with Crippen molar-refractivity contribution in [3.8, 4) is 10.6 Å². The van der Waals surface area contributed by atoms with E-state index in [-0.39, 0.29) is 0 Å². The molecule has 2 aromatic carbocycles. The van der Waals surface area contributed by atoms with Crippen LogP contribution in [0, 0.1) is 6.92 Å². The van der Waals surface area contributed by atoms with Crippen molar-refractivity contribution in [2.45, 2.75) is 13.3 Å². The van der Waals surface area contributed by atoms with Gasteiger partial charge in [0, 0.05) is 17.7 Å². The molecule has 0 radical (unpaired) electrons. The summed E-state index contributed by atoms with van der Waals surface area (Å²) in [6.45, 7) is 2.11. The van der Waals surface area contributed by atoms with E-state index >= 15 is 0 Å². The van der Waals surface area contributed by atoms with Gasteiger partial charge in [0.15, 0.2) is 5.82 Å². The van der Waals surface area contributed by atoms with E-state index in [1.807, 2.05) is 40.9 Å². The van der Waals surface area contributed by atoms with Gasteiger partial charge in [0.2, 0.25) is 4.96 Å². The molecule has 0 unspecified atom stereocenters. The highest BCUT2D eigenvalue weighted by Gasteiger charge is 2.13. The maximum absolute atomic E-state index is 5.74. The molecule has 2 N–H and O–H groups in total. The largest absolute Gasteiger partial charge is 0.399 e. The van der Waals surface area contributed by atoms with Crippen molar-refractivity contribution in [2.24, 2.45) is 0 Å². The van der Waals surface area contributed by atoms with E-state index < -0.39 is 0 Å². The molecule has 0 saturated heterocycles. The molecule has 0 bridgehead atoms. The average Bonchev–Trinajstić information content (AvgIpc) is 3.12. The molecular formula is C17H15N5S. The molecule has 0 aliphatic carbocycles. The van der Waals surface area contributed by atoms with Crippen LogP contribution in [0.2, 0.25) is 0 Å². The zero-order valence-corrected chi connectivity index (χ0v) is 13.4. The van der Waals surface area contributed by atoms with E-state index in [9.17, 15) is 0 Å². The predicted molar refractivity (Wildman–Crippen MR) is 92.5 cm³/mol. The Labute approximate surface area is 137 Å². The fourth-order valence-electron chi connectivity index (χ4n) is 2.49. The Morgan fingerprint density at radius 1 is 1.04 bits per heavy atom. The van der Waals surface area contributed by atoms with Gasteiger partial charge >= 0.3 is 0 Å². The second-order valence-corrected chi connectivity index (χ2v) is 6.40. The van der Waals surface area contributed by atoms with Gasteiger partial charge in [-0.3, -0.25) is 0 Å². The maximum Gasteiger partial charge on any atom is 0.234 e. The topological polar surface area (TPSA) is 69.1 Å². The summed E-state index contributed by atoms with van der Waals surface area (Å²) in [4.78, 5) is 0.806. The molecule has 5 nitrogen and oxygen atoms in total. The van der Waals surface area contributed by atoms with Crippen molar-refractivity contribution in [3.05, 3.63) is 65.5 Å². The van der Waals surface area contributed by atoms with Crippen molar-refractivity contribution in [1.82, 2.24) is 19.8 Å². The molecule has 0 spiro atoms. The van der Waals surface area contributed by atoms with Crippen molar-refractivity contribution >= 4 is 22.0 Å². The van der Waals surface area contributed by atoms with E-state index in [0.717, 1.165) is 33.5 Å². The van der Waals surface area contributed by atoms with Gasteiger partial charge in [-0.2, -0.15) is 9.61 Å². The van der Waals surface area contributed by atoms with Crippen LogP contribution < -0.4 is 5.73 Å². The van der Waals surface area contributed by atoms with E-state index in [4.69, 9.17) is 5.73 Å². The molecular weight excluding hydrogens is 306 g/mol. The Morgan fingerprint density at radius 3 is 2.61 bits per heavy atom. The molecule has 2 heterocycles. The third kappa shape index (κ3) is 2.57. The summed E-state index contributed by atoms with van der Waals surface area (Å²) in [5.41, 5.74) is 10.0. The van der Waals surface area contributed by atoms with E-state index in [2.05, 4.69) is 34.4 Å². The van der Waals surface area contributed by atoms with E-state index in [0.29, 0.717) is 0 Å². The highest BCUT2D eigenvalue weighted by atomic mass is 32.1. The molecule has 6 heteroatoms. The molecule has 0 atom stereocenters. The summed E-state index contributed by atoms with van der Waals surface area (Å²) in [7, 11) is 0. The third-order valence-electron chi connectivity index (χ3n) is 3.82. The molecule has 0 aliphatic rings. The van der Waals surface area contributed by atoms with Crippen LogP contribution in [0.5, 0.6) is 0 Å². The molecule has 0 saturated carbocycles. The number of nitrogens with two attached hydrogens (primary N) is 1. The number of hydrogen-bond acceptors (Lipinski definition) is 5. The van der Waals surface area contributed by atoms with Crippen LogP contribution in [-0.2, 0) is 6.42 Å². The highest BCUT2D eigenvalue weighted by Crippen LogP contribution is 2.26. The summed E-state index contributed by atoms with van der Waals surface area (Å²) in [6, 6.07) is 16.0. The Bertz CT molecular complexity index is 968. The predicted octanol–water partition coefficient (Wildman–Crippen LogP) is 3.33. The van der Waals surface area contributed by atoms with Crippen molar-refractivity contribution in [1.29, 1.82) is 0 Å². The van der Waals surface area contributed by atoms with Crippen molar-refractivity contribution in [3.63, 3.8) is 0 Å². The van der Waals surface area contributed by atoms with Gasteiger partial charge < -0.3 is 5.73 Å². The first-order valence-corrected chi connectivity index (χ1v) is 8.14. The minimum atomic E-state index is 0.721. The summed E-state index contributed by atoms with van der Waals surface area (Å²) in [5, 5.41) is 14.1. The van der Waals surface area contributed by atoms with Crippen LogP contribution in [-0.4, -0.2) is 19.8 Å². The van der Waals surface area contributed by atoms with Gasteiger partial charge in [-0.1, -0.05) is 35.6 Å². The molecule has 0 aliphatic heterocycles. The van der Waals surface area contributed by atoms with Crippen LogP contribution in [0.4, 0.5) is 5.69 Å². The molecule has 0 amide bonds. The summed E-state index contributed by atoms with van der Waals surface area (Å²) in [5.74, 6) is 0.854. The Balaban J connectivity index is 1.72. The summed E-state index contributed by atoms with van der Waals surface area (Å²) in [6.07, 6.45) is 0.721. The van der Waals surface area contributed by atoms with Gasteiger partial charge in [0.05, 0.1) is 0 Å². The standard InChI is InChI=1S/C17H15N5S/c1-11-4-2-3-5-13(11)10-15-19-20-17-22(15)21-16(23-17)12-6-8-14(18)9-7-12/h2-9H,10,18H2,1H3. The quantitative estimate of drug-likeness (QED) is 0.588. The van der Waals surface area contributed by atoms with Gasteiger partial charge in [-0.05, 0) is 42.3 Å². The fraction of sp³-hybridized carbons (Fsp3) is 0.118. The zero-order valence-electron chi connectivity index (χ0n) is 12.6. The monoisotopic (exact) mass is 321 g/mol. The lowest BCUT2D eigenvalue weighted by molar-refractivity contribution is 0.851. The van der Waals surface area contributed by atoms with E-state index in [1.165, 1.54) is 22.5 Å². The summed E-state index contributed by atoms with van der Waals surface area (Å²) >= 11 is 1.53. The molecule has 4 aromatic rings. The van der Waals surface area contributed by atoms with Gasteiger partial charge in [0.25, 0.3) is 0 Å². The van der Waals surface area contributed by atoms with Gasteiger partial charge in [-0.15, -0.1) is 10.2 Å². The normalized spacial score (nSPS) is 11.2. The molecule has 4 rings (SSSR count). The minimum absolute atomic E-state index is 0.721. The Kier molecular flexibility index (Phi) is 3.31. The smallest absolute Gasteiger partial charge is 0.234 e. The maximum atomic E-state index is 5.74. The van der Waals surface area contributed by atoms with Crippen molar-refractivity contribution in [2.75, 3.05) is 5.73 Å². The first-order valence-electron chi connectivity index (χ1n) is 7.32. The second kappa shape index (κ2) is 5.48. The SMILES string of the molecule is Cc1ccccc1Cc1nnc2sc(-c3ccc(N)cc3)nn12. The number of anilines is 1. The number of rotatable bonds is 3. The van der Waals surface area contributed by atoms with Crippen LogP contribution in [0.1, 0.15) is 17.0 Å². The molecule has 0 fully saturated rings. The first-order chi connectivity index (χ1) is 11.2. The summed E-state index contributed by atoms with van der Waals surface area (Å²) < 4.78 is 1.84. The molecule has 114 valence electrons. The first kappa shape index (κ1) is 13.9. The van der Waals surface area contributed by atoms with Gasteiger partial charge in [0.1, 0.15) is 5.01 Å². The second-order valence-electron chi connectivity index (χ2n) is 5.44. The van der Waals surface area contributed by atoms with E-state index in [1.54, 1.807) is 0 Å². The van der Waals surface area contributed by atoms with Gasteiger partial charge in [-0.25, -0.2) is 0 Å². The Hall–Kier alpha value is -2.73. The van der Waals surface area contributed by atoms with Crippen LogP contribution in [0.25, 0.3) is 15.5 Å². The number of hydrogen-bond donors (Lipinski definition) is 1. The molecule has 2 aromatic heterocycles. The minimum Gasteiger partial charge on any atom is -0.399 e. The van der Waals surface area contributed by atoms with Crippen LogP contribution in [0.3, 0.4) is 0 Å². The number of nitrogens with zero attached hydrogens (tertiary/aromatic N) is 4. The number of nitrogen functional groups attached to an aromatic ring is 1. The number of benzene rings is 2. The lowest BCUT2D eigenvalue weighted by atomic mass is 10.1. The third-order valence-corrected chi connectivity index (χ3v) is 4.77. The van der Waals surface area contributed by atoms with Crippen LogP contribution >= 0.6 is 11.3 Å². The lowest BCUT2D eigenvalue weighted by Crippen LogP contribution is -1.99. The zero-order chi connectivity index (χ0) is 15.8. The average molecular weight is 321 g/mol. The fourth-order valence-corrected chi connectivity index (χ4v) is 3.35.